The van der Waals surface area contributed by atoms with Gasteiger partial charge < -0.3 is 14.4 Å². The van der Waals surface area contributed by atoms with Crippen LogP contribution in [0.3, 0.4) is 0 Å². The molecule has 7 heteroatoms. The predicted octanol–water partition coefficient (Wildman–Crippen LogP) is 4.60. The molecule has 0 amide bonds. The highest BCUT2D eigenvalue weighted by Crippen LogP contribution is 2.39. The molecule has 2 aromatic heterocycles. The van der Waals surface area contributed by atoms with E-state index < -0.39 is 0 Å². The van der Waals surface area contributed by atoms with Crippen molar-refractivity contribution < 1.29 is 9.47 Å². The van der Waals surface area contributed by atoms with Gasteiger partial charge in [0.2, 0.25) is 0 Å². The summed E-state index contributed by atoms with van der Waals surface area (Å²) in [6, 6.07) is 7.96. The van der Waals surface area contributed by atoms with Gasteiger partial charge >= 0.3 is 0 Å². The van der Waals surface area contributed by atoms with Gasteiger partial charge in [-0.2, -0.15) is 0 Å². The fourth-order valence-electron chi connectivity index (χ4n) is 4.01. The van der Waals surface area contributed by atoms with Crippen LogP contribution in [-0.4, -0.2) is 42.6 Å². The Bertz CT molecular complexity index is 940. The number of hydrogen-bond acceptors (Lipinski definition) is 6. The minimum absolute atomic E-state index is 0.0802. The lowest BCUT2D eigenvalue weighted by Crippen LogP contribution is -2.41. The Kier molecular flexibility index (Phi) is 4.73. The quantitative estimate of drug-likeness (QED) is 0.641. The summed E-state index contributed by atoms with van der Waals surface area (Å²) >= 11 is 7.73. The van der Waals surface area contributed by atoms with Crippen LogP contribution in [0.1, 0.15) is 12.8 Å². The Labute approximate surface area is 166 Å². The van der Waals surface area contributed by atoms with Crippen LogP contribution in [0.25, 0.3) is 21.3 Å². The lowest BCUT2D eigenvalue weighted by molar-refractivity contribution is -0.0858. The second-order valence-electron chi connectivity index (χ2n) is 6.99. The van der Waals surface area contributed by atoms with Gasteiger partial charge in [-0.15, -0.1) is 11.3 Å². The van der Waals surface area contributed by atoms with Gasteiger partial charge in [-0.05, 0) is 30.5 Å². The zero-order valence-corrected chi connectivity index (χ0v) is 16.4. The molecular weight excluding hydrogens is 382 g/mol. The van der Waals surface area contributed by atoms with Crippen molar-refractivity contribution in [2.45, 2.75) is 19.1 Å². The summed E-state index contributed by atoms with van der Waals surface area (Å²) in [5.74, 6) is 1.39. The maximum atomic E-state index is 6.07. The highest BCUT2D eigenvalue weighted by molar-refractivity contribution is 7.17. The topological polar surface area (TPSA) is 47.5 Å². The van der Waals surface area contributed by atoms with E-state index in [9.17, 15) is 0 Å². The third kappa shape index (κ3) is 3.31. The van der Waals surface area contributed by atoms with E-state index in [1.807, 2.05) is 12.1 Å². The Morgan fingerprint density at radius 2 is 1.93 bits per heavy atom. The molecule has 27 heavy (non-hydrogen) atoms. The highest BCUT2D eigenvalue weighted by atomic mass is 35.5. The van der Waals surface area contributed by atoms with Crippen LogP contribution in [0.5, 0.6) is 0 Å². The van der Waals surface area contributed by atoms with Crippen LogP contribution >= 0.6 is 22.9 Å². The van der Waals surface area contributed by atoms with Crippen molar-refractivity contribution in [3.8, 4) is 11.1 Å². The van der Waals surface area contributed by atoms with Gasteiger partial charge in [-0.1, -0.05) is 23.7 Å². The van der Waals surface area contributed by atoms with E-state index in [0.717, 1.165) is 58.1 Å². The molecule has 2 aliphatic rings. The molecule has 4 heterocycles. The van der Waals surface area contributed by atoms with Crippen LogP contribution in [0.15, 0.2) is 36.0 Å². The van der Waals surface area contributed by atoms with Crippen LogP contribution < -0.4 is 4.90 Å². The van der Waals surface area contributed by atoms with Crippen LogP contribution in [0, 0.1) is 5.92 Å². The first-order chi connectivity index (χ1) is 13.3. The van der Waals surface area contributed by atoms with Crippen LogP contribution in [0.2, 0.25) is 5.02 Å². The molecule has 0 bridgehead atoms. The van der Waals surface area contributed by atoms with E-state index in [2.05, 4.69) is 32.4 Å². The average Bonchev–Trinajstić information content (AvgIpc) is 3.39. The Hall–Kier alpha value is -1.73. The molecule has 2 fully saturated rings. The van der Waals surface area contributed by atoms with E-state index in [-0.39, 0.29) is 6.29 Å². The molecule has 2 aliphatic heterocycles. The Morgan fingerprint density at radius 1 is 1.11 bits per heavy atom. The number of hydrogen-bond donors (Lipinski definition) is 0. The third-order valence-electron chi connectivity index (χ3n) is 5.30. The van der Waals surface area contributed by atoms with Crippen molar-refractivity contribution in [2.75, 3.05) is 31.2 Å². The molecule has 1 atom stereocenters. The maximum absolute atomic E-state index is 6.07. The molecule has 0 aliphatic carbocycles. The van der Waals surface area contributed by atoms with Gasteiger partial charge in [0.25, 0.3) is 0 Å². The van der Waals surface area contributed by atoms with Gasteiger partial charge in [0.05, 0.1) is 18.6 Å². The molecule has 0 saturated carbocycles. The Morgan fingerprint density at radius 3 is 2.74 bits per heavy atom. The minimum atomic E-state index is -0.0802. The second-order valence-corrected chi connectivity index (χ2v) is 8.29. The first kappa shape index (κ1) is 17.4. The molecule has 0 N–H and O–H groups in total. The summed E-state index contributed by atoms with van der Waals surface area (Å²) in [6.07, 6.45) is 3.83. The zero-order valence-electron chi connectivity index (χ0n) is 14.8. The minimum Gasteiger partial charge on any atom is -0.355 e. The number of fused-ring (bicyclic) bond motifs is 1. The first-order valence-corrected chi connectivity index (χ1v) is 10.5. The lowest BCUT2D eigenvalue weighted by atomic mass is 9.97. The normalized spacial score (nSPS) is 21.2. The van der Waals surface area contributed by atoms with Crippen molar-refractivity contribution >= 4 is 39.0 Å². The van der Waals surface area contributed by atoms with Crippen molar-refractivity contribution in [1.82, 2.24) is 9.97 Å². The summed E-state index contributed by atoms with van der Waals surface area (Å²) in [5.41, 5.74) is 2.30. The van der Waals surface area contributed by atoms with Crippen molar-refractivity contribution in [1.29, 1.82) is 0 Å². The smallest absolute Gasteiger partial charge is 0.162 e. The number of nitrogens with zero attached hydrogens (tertiary/aromatic N) is 3. The number of rotatable bonds is 3. The number of thiophene rings is 1. The molecule has 5 rings (SSSR count). The molecule has 1 unspecified atom stereocenters. The standard InChI is InChI=1S/C20H20ClN3O2S/c21-15-5-3-13(4-6-15)16-11-27-19-17(16)18(22-12-23-19)24-7-1-2-14(10-24)20-25-8-9-26-20/h3-6,11-12,14,20H,1-2,7-10H2. The van der Waals surface area contributed by atoms with Crippen molar-refractivity contribution in [2.24, 2.45) is 5.92 Å². The monoisotopic (exact) mass is 401 g/mol. The second kappa shape index (κ2) is 7.36. The van der Waals surface area contributed by atoms with Gasteiger partial charge in [0.15, 0.2) is 6.29 Å². The van der Waals surface area contributed by atoms with Crippen molar-refractivity contribution in [3.05, 3.63) is 41.0 Å². The maximum Gasteiger partial charge on any atom is 0.162 e. The SMILES string of the molecule is Clc1ccc(-c2csc3ncnc(N4CCCC(C5OCCO5)C4)c23)cc1. The predicted molar refractivity (Wildman–Crippen MR) is 108 cm³/mol. The molecule has 3 aromatic rings. The van der Waals surface area contributed by atoms with E-state index in [4.69, 9.17) is 21.1 Å². The molecular formula is C20H20ClN3O2S. The number of piperidine rings is 1. The zero-order chi connectivity index (χ0) is 18.2. The van der Waals surface area contributed by atoms with E-state index in [1.165, 1.54) is 0 Å². The summed E-state index contributed by atoms with van der Waals surface area (Å²) in [5, 5.41) is 4.03. The number of halogens is 1. The highest BCUT2D eigenvalue weighted by Gasteiger charge is 2.32. The molecule has 2 saturated heterocycles. The summed E-state index contributed by atoms with van der Waals surface area (Å²) in [7, 11) is 0. The molecule has 140 valence electrons. The largest absolute Gasteiger partial charge is 0.355 e. The number of aromatic nitrogens is 2. The Balaban J connectivity index is 1.52. The molecule has 1 aromatic carbocycles. The molecule has 0 radical (unpaired) electrons. The summed E-state index contributed by atoms with van der Waals surface area (Å²) < 4.78 is 11.5. The first-order valence-electron chi connectivity index (χ1n) is 9.26. The number of ether oxygens (including phenoxy) is 2. The van der Waals surface area contributed by atoms with E-state index in [1.54, 1.807) is 17.7 Å². The van der Waals surface area contributed by atoms with Crippen molar-refractivity contribution in [3.63, 3.8) is 0 Å². The van der Waals surface area contributed by atoms with Gasteiger partial charge in [0, 0.05) is 35.0 Å². The van der Waals surface area contributed by atoms with Crippen LogP contribution in [0.4, 0.5) is 5.82 Å². The average molecular weight is 402 g/mol. The van der Waals surface area contributed by atoms with Gasteiger partial charge in [0.1, 0.15) is 17.0 Å². The van der Waals surface area contributed by atoms with E-state index >= 15 is 0 Å². The van der Waals surface area contributed by atoms with Gasteiger partial charge in [-0.3, -0.25) is 0 Å². The molecule has 0 spiro atoms. The van der Waals surface area contributed by atoms with E-state index in [0.29, 0.717) is 19.1 Å². The number of anilines is 1. The fraction of sp³-hybridized carbons (Fsp3) is 0.400. The van der Waals surface area contributed by atoms with Crippen LogP contribution in [-0.2, 0) is 9.47 Å². The third-order valence-corrected chi connectivity index (χ3v) is 6.43. The van der Waals surface area contributed by atoms with Gasteiger partial charge in [-0.25, -0.2) is 9.97 Å². The number of benzene rings is 1. The molecule has 5 nitrogen and oxygen atoms in total. The fourth-order valence-corrected chi connectivity index (χ4v) is 5.05. The lowest BCUT2D eigenvalue weighted by Gasteiger charge is -2.35. The summed E-state index contributed by atoms with van der Waals surface area (Å²) in [6.45, 7) is 3.28. The summed E-state index contributed by atoms with van der Waals surface area (Å²) in [4.78, 5) is 12.6.